The van der Waals surface area contributed by atoms with Gasteiger partial charge in [-0.15, -0.1) is 0 Å². The summed E-state index contributed by atoms with van der Waals surface area (Å²) in [6.45, 7) is 5.05. The summed E-state index contributed by atoms with van der Waals surface area (Å²) in [6.07, 6.45) is 1.98. The predicted molar refractivity (Wildman–Crippen MR) is 121 cm³/mol. The number of nitrogens with one attached hydrogen (secondary N) is 4. The van der Waals surface area contributed by atoms with Crippen LogP contribution in [0.1, 0.15) is 32.5 Å². The number of carbonyl (C=O) groups excluding carboxylic acids is 2. The lowest BCUT2D eigenvalue weighted by molar-refractivity contribution is -0.906. The number of quaternary nitrogens is 1. The maximum atomic E-state index is 12.6. The monoisotopic (exact) mass is 422 g/mol. The van der Waals surface area contributed by atoms with Crippen LogP contribution in [0.3, 0.4) is 0 Å². The van der Waals surface area contributed by atoms with Crippen LogP contribution < -0.4 is 21.1 Å². The Bertz CT molecular complexity index is 1110. The van der Waals surface area contributed by atoms with Gasteiger partial charge in [-0.05, 0) is 42.8 Å². The molecule has 1 unspecified atom stereocenters. The van der Waals surface area contributed by atoms with E-state index in [1.165, 1.54) is 6.92 Å². The molecule has 2 amide bonds. The van der Waals surface area contributed by atoms with Gasteiger partial charge in [0.1, 0.15) is 6.54 Å². The van der Waals surface area contributed by atoms with Gasteiger partial charge in [0.15, 0.2) is 12.4 Å². The van der Waals surface area contributed by atoms with Crippen molar-refractivity contribution in [1.82, 2.24) is 9.97 Å². The van der Waals surface area contributed by atoms with Gasteiger partial charge < -0.3 is 20.5 Å². The first-order valence-electron chi connectivity index (χ1n) is 10.4. The minimum Gasteiger partial charge on any atom is -0.326 e. The zero-order chi connectivity index (χ0) is 22.2. The van der Waals surface area contributed by atoms with Crippen molar-refractivity contribution < 1.29 is 14.5 Å². The van der Waals surface area contributed by atoms with Gasteiger partial charge in [-0.25, -0.2) is 4.98 Å². The number of nitrogens with zero attached hydrogens (tertiary/aromatic N) is 1. The average Bonchev–Trinajstić information content (AvgIpc) is 2.73. The lowest BCUT2D eigenvalue weighted by atomic mass is 10.2. The molecule has 0 radical (unpaired) electrons. The molecule has 162 valence electrons. The summed E-state index contributed by atoms with van der Waals surface area (Å²) >= 11 is 0. The molecule has 3 rings (SSSR count). The van der Waals surface area contributed by atoms with Crippen molar-refractivity contribution in [3.05, 3.63) is 64.7 Å². The smallest absolute Gasteiger partial charge is 0.279 e. The Labute approximate surface area is 180 Å². The number of hydrogen-bond donors (Lipinski definition) is 4. The molecule has 2 aromatic carbocycles. The second-order valence-corrected chi connectivity index (χ2v) is 7.54. The van der Waals surface area contributed by atoms with E-state index in [4.69, 9.17) is 0 Å². The second kappa shape index (κ2) is 10.5. The fourth-order valence-corrected chi connectivity index (χ4v) is 3.39. The van der Waals surface area contributed by atoms with Crippen LogP contribution in [0, 0.1) is 0 Å². The van der Waals surface area contributed by atoms with Crippen molar-refractivity contribution >= 4 is 34.1 Å². The normalized spacial score (nSPS) is 11.8. The van der Waals surface area contributed by atoms with Gasteiger partial charge in [0, 0.05) is 18.3 Å². The molecule has 8 nitrogen and oxygen atoms in total. The Balaban J connectivity index is 1.67. The molecule has 1 atom stereocenters. The van der Waals surface area contributed by atoms with Crippen LogP contribution in [-0.4, -0.2) is 34.9 Å². The highest BCUT2D eigenvalue weighted by Crippen LogP contribution is 2.13. The topological polar surface area (TPSA) is 108 Å². The third-order valence-electron chi connectivity index (χ3n) is 4.86. The Morgan fingerprint density at radius 2 is 1.71 bits per heavy atom. The van der Waals surface area contributed by atoms with Crippen LogP contribution in [-0.2, 0) is 16.1 Å². The molecule has 8 heteroatoms. The number of anilines is 2. The van der Waals surface area contributed by atoms with Gasteiger partial charge in [0.2, 0.25) is 5.91 Å². The number of H-pyrrole nitrogens is 1. The van der Waals surface area contributed by atoms with E-state index in [0.717, 1.165) is 24.3 Å². The molecule has 1 aromatic heterocycles. The molecule has 0 saturated heterocycles. The summed E-state index contributed by atoms with van der Waals surface area (Å²) in [7, 11) is 0. The SMILES string of the molecule is CCCC[NH+](CC(=O)Nc1ccc(NC(C)=O)cc1)Cc1nc2ccccc2c(=O)[nH]1. The van der Waals surface area contributed by atoms with E-state index >= 15 is 0 Å². The maximum Gasteiger partial charge on any atom is 0.279 e. The number of unbranched alkanes of at least 4 members (excludes halogenated alkanes) is 1. The number of para-hydroxylation sites is 1. The molecular formula is C23H28N5O3+. The van der Waals surface area contributed by atoms with Crippen LogP contribution in [0.2, 0.25) is 0 Å². The Kier molecular flexibility index (Phi) is 7.50. The molecule has 31 heavy (non-hydrogen) atoms. The predicted octanol–water partition coefficient (Wildman–Crippen LogP) is 1.71. The van der Waals surface area contributed by atoms with E-state index < -0.39 is 0 Å². The summed E-state index contributed by atoms with van der Waals surface area (Å²) in [4.78, 5) is 44.5. The fraction of sp³-hybridized carbons (Fsp3) is 0.304. The summed E-state index contributed by atoms with van der Waals surface area (Å²) in [5, 5.41) is 6.14. The molecule has 0 aliphatic heterocycles. The first-order valence-corrected chi connectivity index (χ1v) is 10.4. The number of rotatable bonds is 9. The Morgan fingerprint density at radius 3 is 2.39 bits per heavy atom. The van der Waals surface area contributed by atoms with E-state index in [1.54, 1.807) is 30.3 Å². The van der Waals surface area contributed by atoms with Gasteiger partial charge in [-0.1, -0.05) is 25.5 Å². The number of amides is 2. The minimum absolute atomic E-state index is 0.124. The summed E-state index contributed by atoms with van der Waals surface area (Å²) in [5.41, 5.74) is 1.82. The average molecular weight is 423 g/mol. The van der Waals surface area contributed by atoms with E-state index in [-0.39, 0.29) is 23.9 Å². The van der Waals surface area contributed by atoms with E-state index in [1.807, 2.05) is 18.2 Å². The van der Waals surface area contributed by atoms with Gasteiger partial charge >= 0.3 is 0 Å². The highest BCUT2D eigenvalue weighted by atomic mass is 16.2. The van der Waals surface area contributed by atoms with Crippen LogP contribution in [0.15, 0.2) is 53.3 Å². The zero-order valence-electron chi connectivity index (χ0n) is 17.8. The Hall–Kier alpha value is -3.52. The van der Waals surface area contributed by atoms with Crippen LogP contribution in [0.4, 0.5) is 11.4 Å². The van der Waals surface area contributed by atoms with Crippen molar-refractivity contribution in [2.45, 2.75) is 33.2 Å². The standard InChI is InChI=1S/C23H27N5O3/c1-3-4-13-28(14-21-26-20-8-6-5-7-19(20)23(31)27-21)15-22(30)25-18-11-9-17(10-12-18)24-16(2)29/h5-12H,3-4,13-15H2,1-2H3,(H,24,29)(H,25,30)(H,26,27,31)/p+1. The van der Waals surface area contributed by atoms with Crippen molar-refractivity contribution in [2.24, 2.45) is 0 Å². The molecule has 0 spiro atoms. The third kappa shape index (κ3) is 6.48. The number of hydrogen-bond acceptors (Lipinski definition) is 4. The molecule has 0 bridgehead atoms. The number of fused-ring (bicyclic) bond motifs is 1. The first kappa shape index (κ1) is 22.2. The van der Waals surface area contributed by atoms with Gasteiger partial charge in [-0.2, -0.15) is 0 Å². The molecule has 0 saturated carbocycles. The first-order chi connectivity index (χ1) is 14.9. The van der Waals surface area contributed by atoms with Gasteiger partial charge in [0.05, 0.1) is 17.4 Å². The van der Waals surface area contributed by atoms with Crippen LogP contribution in [0.5, 0.6) is 0 Å². The van der Waals surface area contributed by atoms with Crippen molar-refractivity contribution in [3.63, 3.8) is 0 Å². The second-order valence-electron chi connectivity index (χ2n) is 7.54. The lowest BCUT2D eigenvalue weighted by Crippen LogP contribution is -3.12. The number of aromatic amines is 1. The molecule has 0 aliphatic rings. The zero-order valence-corrected chi connectivity index (χ0v) is 17.8. The van der Waals surface area contributed by atoms with Gasteiger partial charge in [0.25, 0.3) is 11.5 Å². The van der Waals surface area contributed by atoms with Crippen LogP contribution in [0.25, 0.3) is 10.9 Å². The Morgan fingerprint density at radius 1 is 1.03 bits per heavy atom. The van der Waals surface area contributed by atoms with E-state index in [9.17, 15) is 14.4 Å². The van der Waals surface area contributed by atoms with Crippen molar-refractivity contribution in [1.29, 1.82) is 0 Å². The van der Waals surface area contributed by atoms with Crippen molar-refractivity contribution in [2.75, 3.05) is 23.7 Å². The van der Waals surface area contributed by atoms with Crippen molar-refractivity contribution in [3.8, 4) is 0 Å². The fourth-order valence-electron chi connectivity index (χ4n) is 3.39. The third-order valence-corrected chi connectivity index (χ3v) is 4.86. The molecular weight excluding hydrogens is 394 g/mol. The van der Waals surface area contributed by atoms with Gasteiger partial charge in [-0.3, -0.25) is 14.4 Å². The summed E-state index contributed by atoms with van der Waals surface area (Å²) < 4.78 is 0. The molecule has 1 heterocycles. The molecule has 3 aromatic rings. The highest BCUT2D eigenvalue weighted by molar-refractivity contribution is 5.92. The van der Waals surface area contributed by atoms with Crippen LogP contribution >= 0.6 is 0 Å². The summed E-state index contributed by atoms with van der Waals surface area (Å²) in [6, 6.07) is 14.2. The molecule has 0 fully saturated rings. The number of benzene rings is 2. The number of aromatic nitrogens is 2. The molecule has 0 aliphatic carbocycles. The summed E-state index contributed by atoms with van der Waals surface area (Å²) in [5.74, 6) is 0.302. The highest BCUT2D eigenvalue weighted by Gasteiger charge is 2.17. The maximum absolute atomic E-state index is 12.6. The quantitative estimate of drug-likeness (QED) is 0.421. The van der Waals surface area contributed by atoms with E-state index in [0.29, 0.717) is 34.6 Å². The van der Waals surface area contributed by atoms with E-state index in [2.05, 4.69) is 27.5 Å². The largest absolute Gasteiger partial charge is 0.326 e. The minimum atomic E-state index is -0.167. The lowest BCUT2D eigenvalue weighted by Gasteiger charge is -2.18. The number of carbonyl (C=O) groups is 2. The molecule has 4 N–H and O–H groups in total.